The minimum atomic E-state index is -0.176. The van der Waals surface area contributed by atoms with Crippen molar-refractivity contribution in [1.82, 2.24) is 14.7 Å². The Bertz CT molecular complexity index is 977. The van der Waals surface area contributed by atoms with Crippen molar-refractivity contribution in [3.63, 3.8) is 0 Å². The highest BCUT2D eigenvalue weighted by Crippen LogP contribution is 2.49. The molecule has 1 spiro atoms. The molecular formula is C23H24ClN3O. The van der Waals surface area contributed by atoms with Gasteiger partial charge in [0.15, 0.2) is 0 Å². The summed E-state index contributed by atoms with van der Waals surface area (Å²) in [6.45, 7) is 5.08. The van der Waals surface area contributed by atoms with Gasteiger partial charge in [0.2, 0.25) is 0 Å². The quantitative estimate of drug-likeness (QED) is 0.619. The molecule has 1 fully saturated rings. The molecule has 0 unspecified atom stereocenters. The van der Waals surface area contributed by atoms with E-state index in [9.17, 15) is 0 Å². The molecule has 3 aromatic rings. The van der Waals surface area contributed by atoms with Crippen LogP contribution in [0.5, 0.6) is 0 Å². The van der Waals surface area contributed by atoms with Crippen LogP contribution < -0.4 is 0 Å². The van der Waals surface area contributed by atoms with Crippen LogP contribution in [0.2, 0.25) is 5.02 Å². The summed E-state index contributed by atoms with van der Waals surface area (Å²) >= 11 is 6.29. The molecule has 1 atom stereocenters. The molecule has 4 nitrogen and oxygen atoms in total. The van der Waals surface area contributed by atoms with Gasteiger partial charge in [-0.1, -0.05) is 35.9 Å². The van der Waals surface area contributed by atoms with E-state index in [1.165, 1.54) is 16.7 Å². The van der Waals surface area contributed by atoms with E-state index >= 15 is 0 Å². The lowest BCUT2D eigenvalue weighted by atomic mass is 9.83. The Morgan fingerprint density at radius 1 is 1.14 bits per heavy atom. The largest absolute Gasteiger partial charge is 0.363 e. The molecule has 0 N–H and O–H groups in total. The molecule has 1 aromatic heterocycles. The zero-order valence-corrected chi connectivity index (χ0v) is 16.8. The number of aromatic nitrogens is 2. The van der Waals surface area contributed by atoms with Crippen molar-refractivity contribution in [2.75, 3.05) is 13.1 Å². The van der Waals surface area contributed by atoms with Crippen LogP contribution in [0.15, 0.2) is 60.9 Å². The van der Waals surface area contributed by atoms with Crippen LogP contribution >= 0.6 is 11.6 Å². The number of nitrogens with zero attached hydrogens (tertiary/aromatic N) is 3. The highest BCUT2D eigenvalue weighted by Gasteiger charge is 2.45. The van der Waals surface area contributed by atoms with E-state index in [2.05, 4.69) is 47.4 Å². The van der Waals surface area contributed by atoms with Gasteiger partial charge in [-0.3, -0.25) is 4.90 Å². The molecule has 5 rings (SSSR count). The van der Waals surface area contributed by atoms with Gasteiger partial charge in [0.05, 0.1) is 23.6 Å². The maximum absolute atomic E-state index is 6.47. The van der Waals surface area contributed by atoms with Crippen molar-refractivity contribution in [2.24, 2.45) is 0 Å². The van der Waals surface area contributed by atoms with Crippen molar-refractivity contribution >= 4 is 11.6 Å². The zero-order chi connectivity index (χ0) is 19.1. The molecule has 0 aliphatic carbocycles. The Balaban J connectivity index is 1.28. The number of fused-ring (bicyclic) bond motifs is 2. The summed E-state index contributed by atoms with van der Waals surface area (Å²) in [6.07, 6.45) is 6.24. The lowest BCUT2D eigenvalue weighted by Crippen LogP contribution is -2.42. The predicted molar refractivity (Wildman–Crippen MR) is 111 cm³/mol. The summed E-state index contributed by atoms with van der Waals surface area (Å²) in [5.74, 6) is 0. The lowest BCUT2D eigenvalue weighted by molar-refractivity contribution is -0.104. The molecule has 0 radical (unpaired) electrons. The second-order valence-corrected chi connectivity index (χ2v) is 8.33. The van der Waals surface area contributed by atoms with Gasteiger partial charge in [-0.2, -0.15) is 5.10 Å². The topological polar surface area (TPSA) is 30.3 Å². The normalized spacial score (nSPS) is 21.1. The molecule has 2 aliphatic rings. The summed E-state index contributed by atoms with van der Waals surface area (Å²) in [5, 5.41) is 5.32. The van der Waals surface area contributed by atoms with Crippen molar-refractivity contribution in [3.05, 3.63) is 82.6 Å². The third kappa shape index (κ3) is 3.16. The molecule has 2 aromatic carbocycles. The minimum absolute atomic E-state index is 0.142. The number of halogens is 1. The predicted octanol–water partition coefficient (Wildman–Crippen LogP) is 5.11. The van der Waals surface area contributed by atoms with E-state index in [1.54, 1.807) is 0 Å². The van der Waals surface area contributed by atoms with Crippen molar-refractivity contribution < 1.29 is 4.74 Å². The van der Waals surface area contributed by atoms with Gasteiger partial charge in [0, 0.05) is 36.4 Å². The maximum Gasteiger partial charge on any atom is 0.0968 e. The van der Waals surface area contributed by atoms with Gasteiger partial charge in [-0.25, -0.2) is 4.68 Å². The van der Waals surface area contributed by atoms with Crippen LogP contribution in [0.3, 0.4) is 0 Å². The Hall–Kier alpha value is -2.14. The second-order valence-electron chi connectivity index (χ2n) is 7.89. The number of para-hydroxylation sites is 1. The first-order valence-corrected chi connectivity index (χ1v) is 10.3. The average Bonchev–Trinajstić information content (AvgIpc) is 3.28. The van der Waals surface area contributed by atoms with Crippen molar-refractivity contribution in [3.8, 4) is 5.69 Å². The van der Waals surface area contributed by atoms with Crippen molar-refractivity contribution in [1.29, 1.82) is 0 Å². The average molecular weight is 394 g/mol. The van der Waals surface area contributed by atoms with E-state index in [4.69, 9.17) is 16.3 Å². The van der Waals surface area contributed by atoms with E-state index in [0.29, 0.717) is 0 Å². The number of hydrogen-bond donors (Lipinski definition) is 0. The first kappa shape index (κ1) is 17.9. The fourth-order valence-corrected chi connectivity index (χ4v) is 4.80. The zero-order valence-electron chi connectivity index (χ0n) is 16.0. The Labute approximate surface area is 170 Å². The van der Waals surface area contributed by atoms with Crippen LogP contribution in [-0.4, -0.2) is 27.8 Å². The third-order valence-corrected chi connectivity index (χ3v) is 6.31. The standard InChI is InChI=1S/C23H24ClN3O/c1-17-21-8-7-19(24)13-22(21)23(28-17)9-11-26(12-10-23)15-18-14-25-27(16-18)20-5-3-2-4-6-20/h2-8,13-14,16-17H,9-12,15H2,1H3/t17-/m1/s1. The molecule has 144 valence electrons. The number of piperidine rings is 1. The molecular weight excluding hydrogens is 370 g/mol. The highest BCUT2D eigenvalue weighted by atomic mass is 35.5. The van der Waals surface area contributed by atoms with Crippen LogP contribution in [0.25, 0.3) is 5.69 Å². The fraction of sp³-hybridized carbons (Fsp3) is 0.348. The number of ether oxygens (including phenoxy) is 1. The number of hydrogen-bond acceptors (Lipinski definition) is 3. The molecule has 3 heterocycles. The smallest absolute Gasteiger partial charge is 0.0968 e. The van der Waals surface area contributed by atoms with E-state index < -0.39 is 0 Å². The minimum Gasteiger partial charge on any atom is -0.363 e. The molecule has 0 amide bonds. The van der Waals surface area contributed by atoms with E-state index in [-0.39, 0.29) is 11.7 Å². The molecule has 28 heavy (non-hydrogen) atoms. The van der Waals surface area contributed by atoms with Crippen LogP contribution in [0.1, 0.15) is 42.6 Å². The van der Waals surface area contributed by atoms with E-state index in [1.807, 2.05) is 35.1 Å². The molecule has 0 bridgehead atoms. The highest BCUT2D eigenvalue weighted by molar-refractivity contribution is 6.30. The van der Waals surface area contributed by atoms with Gasteiger partial charge >= 0.3 is 0 Å². The van der Waals surface area contributed by atoms with Gasteiger partial charge in [0.25, 0.3) is 0 Å². The lowest BCUT2D eigenvalue weighted by Gasteiger charge is -2.39. The monoisotopic (exact) mass is 393 g/mol. The summed E-state index contributed by atoms with van der Waals surface area (Å²) in [7, 11) is 0. The van der Waals surface area contributed by atoms with Crippen LogP contribution in [0.4, 0.5) is 0 Å². The van der Waals surface area contributed by atoms with Crippen LogP contribution in [-0.2, 0) is 16.9 Å². The van der Waals surface area contributed by atoms with Gasteiger partial charge in [0.1, 0.15) is 0 Å². The van der Waals surface area contributed by atoms with Gasteiger partial charge in [-0.05, 0) is 55.2 Å². The number of rotatable bonds is 3. The summed E-state index contributed by atoms with van der Waals surface area (Å²) in [6, 6.07) is 16.4. The number of likely N-dealkylation sites (tertiary alicyclic amines) is 1. The molecule has 1 saturated heterocycles. The third-order valence-electron chi connectivity index (χ3n) is 6.07. The summed E-state index contributed by atoms with van der Waals surface area (Å²) < 4.78 is 8.42. The molecule has 5 heteroatoms. The van der Waals surface area contributed by atoms with E-state index in [0.717, 1.165) is 43.2 Å². The SMILES string of the molecule is C[C@H]1OC2(CCN(Cc3cnn(-c4ccccc4)c3)CC2)c2cc(Cl)ccc21. The van der Waals surface area contributed by atoms with Gasteiger partial charge < -0.3 is 4.74 Å². The van der Waals surface area contributed by atoms with Crippen molar-refractivity contribution in [2.45, 2.75) is 38.0 Å². The molecule has 2 aliphatic heterocycles. The summed E-state index contributed by atoms with van der Waals surface area (Å²) in [5.41, 5.74) is 4.74. The maximum atomic E-state index is 6.47. The summed E-state index contributed by atoms with van der Waals surface area (Å²) in [4.78, 5) is 2.49. The van der Waals surface area contributed by atoms with Crippen LogP contribution in [0, 0.1) is 0 Å². The fourth-order valence-electron chi connectivity index (χ4n) is 4.62. The van der Waals surface area contributed by atoms with Gasteiger partial charge in [-0.15, -0.1) is 0 Å². The number of benzene rings is 2. The molecule has 0 saturated carbocycles. The Kier molecular flexibility index (Phi) is 4.50. The second kappa shape index (κ2) is 7.03. The first-order chi connectivity index (χ1) is 13.6. The Morgan fingerprint density at radius 3 is 2.71 bits per heavy atom. The first-order valence-electron chi connectivity index (χ1n) is 9.92. The Morgan fingerprint density at radius 2 is 1.93 bits per heavy atom.